The monoisotopic (exact) mass is 339 g/mol. The van der Waals surface area contributed by atoms with Crippen LogP contribution in [0.15, 0.2) is 16.9 Å². The molecule has 1 unspecified atom stereocenters. The topological polar surface area (TPSA) is 92.4 Å². The van der Waals surface area contributed by atoms with E-state index < -0.39 is 11.4 Å². The number of nitrogens with zero attached hydrogens (tertiary/aromatic N) is 4. The minimum atomic E-state index is -0.609. The van der Waals surface area contributed by atoms with Crippen molar-refractivity contribution in [3.05, 3.63) is 22.7 Å². The fraction of sp³-hybridized carbons (Fsp3) is 0.500. The lowest BCUT2D eigenvalue weighted by molar-refractivity contribution is 0.0814. The van der Waals surface area contributed by atoms with Gasteiger partial charge < -0.3 is 10.4 Å². The maximum atomic E-state index is 12.2. The molecule has 7 nitrogen and oxygen atoms in total. The molecular weight excluding hydrogens is 326 g/mol. The number of aromatic nitrogens is 4. The van der Waals surface area contributed by atoms with E-state index in [2.05, 4.69) is 36.3 Å². The van der Waals surface area contributed by atoms with Crippen LogP contribution in [-0.2, 0) is 0 Å². The normalized spacial score (nSPS) is 17.9. The van der Waals surface area contributed by atoms with E-state index in [4.69, 9.17) is 0 Å². The maximum Gasteiger partial charge on any atom is 0.291 e. The van der Waals surface area contributed by atoms with Gasteiger partial charge in [0.1, 0.15) is 0 Å². The third kappa shape index (κ3) is 2.40. The molecule has 0 spiro atoms. The molecular formula is C12H14BrN5O2. The zero-order valence-corrected chi connectivity index (χ0v) is 12.5. The molecule has 2 aromatic rings. The summed E-state index contributed by atoms with van der Waals surface area (Å²) in [6.45, 7) is 1.74. The van der Waals surface area contributed by atoms with Crippen LogP contribution in [0, 0.1) is 5.92 Å². The Morgan fingerprint density at radius 3 is 3.05 bits per heavy atom. The summed E-state index contributed by atoms with van der Waals surface area (Å²) >= 11 is 3.28. The molecule has 1 amide bonds. The van der Waals surface area contributed by atoms with Gasteiger partial charge in [0, 0.05) is 12.4 Å². The van der Waals surface area contributed by atoms with Gasteiger partial charge in [0.05, 0.1) is 16.6 Å². The number of aliphatic hydroxyl groups excluding tert-OH is 1. The summed E-state index contributed by atoms with van der Waals surface area (Å²) in [7, 11) is 0. The van der Waals surface area contributed by atoms with Crippen molar-refractivity contribution in [3.8, 4) is 0 Å². The van der Waals surface area contributed by atoms with Gasteiger partial charge in [-0.3, -0.25) is 4.79 Å². The zero-order chi connectivity index (χ0) is 14.3. The molecule has 0 aromatic carbocycles. The van der Waals surface area contributed by atoms with Crippen molar-refractivity contribution in [1.82, 2.24) is 24.9 Å². The molecule has 20 heavy (non-hydrogen) atoms. The second kappa shape index (κ2) is 4.78. The zero-order valence-electron chi connectivity index (χ0n) is 10.9. The lowest BCUT2D eigenvalue weighted by Crippen LogP contribution is -2.51. The Hall–Kier alpha value is -1.54. The molecule has 0 bridgehead atoms. The van der Waals surface area contributed by atoms with Crippen molar-refractivity contribution in [2.75, 3.05) is 6.61 Å². The average molecular weight is 340 g/mol. The number of fused-ring (bicyclic) bond motifs is 1. The highest BCUT2D eigenvalue weighted by Gasteiger charge is 2.42. The number of carbonyl (C=O) groups is 1. The minimum absolute atomic E-state index is 0.0518. The van der Waals surface area contributed by atoms with Gasteiger partial charge >= 0.3 is 0 Å². The number of carbonyl (C=O) groups excluding carboxylic acids is 1. The molecule has 8 heteroatoms. The Labute approximate surface area is 123 Å². The van der Waals surface area contributed by atoms with Gasteiger partial charge in [0.15, 0.2) is 0 Å². The Kier molecular flexibility index (Phi) is 3.21. The predicted octanol–water partition coefficient (Wildman–Crippen LogP) is 0.778. The lowest BCUT2D eigenvalue weighted by atomic mass is 9.97. The van der Waals surface area contributed by atoms with Crippen molar-refractivity contribution >= 4 is 27.6 Å². The first kappa shape index (κ1) is 13.4. The molecule has 1 atom stereocenters. The molecule has 3 rings (SSSR count). The van der Waals surface area contributed by atoms with Gasteiger partial charge in [-0.15, -0.1) is 5.10 Å². The van der Waals surface area contributed by atoms with Crippen LogP contribution >= 0.6 is 15.9 Å². The van der Waals surface area contributed by atoms with Gasteiger partial charge in [0.25, 0.3) is 11.7 Å². The molecule has 2 aromatic heterocycles. The van der Waals surface area contributed by atoms with Crippen LogP contribution in [0.5, 0.6) is 0 Å². The van der Waals surface area contributed by atoms with Crippen LogP contribution in [-0.4, -0.2) is 42.7 Å². The van der Waals surface area contributed by atoms with Crippen LogP contribution in [0.3, 0.4) is 0 Å². The first-order chi connectivity index (χ1) is 9.51. The summed E-state index contributed by atoms with van der Waals surface area (Å²) in [6.07, 6.45) is 5.31. The molecule has 0 aliphatic heterocycles. The van der Waals surface area contributed by atoms with E-state index in [0.29, 0.717) is 11.7 Å². The van der Waals surface area contributed by atoms with E-state index in [1.54, 1.807) is 12.4 Å². The van der Waals surface area contributed by atoms with E-state index in [-0.39, 0.29) is 12.4 Å². The lowest BCUT2D eigenvalue weighted by Gasteiger charge is -2.27. The summed E-state index contributed by atoms with van der Waals surface area (Å²) in [5, 5.41) is 16.4. The van der Waals surface area contributed by atoms with Crippen molar-refractivity contribution in [3.63, 3.8) is 0 Å². The number of amides is 1. The number of hydrogen-bond donors (Lipinski definition) is 2. The standard InChI is InChI=1S/C12H14BrN5O2/c1-12(6-19,7-2-3-7)16-10(20)9-15-11-14-4-8(13)5-18(11)17-9/h4-5,7,19H,2-3,6H2,1H3,(H,16,20). The van der Waals surface area contributed by atoms with E-state index in [1.807, 2.05) is 6.92 Å². The first-order valence-electron chi connectivity index (χ1n) is 6.33. The first-order valence-corrected chi connectivity index (χ1v) is 7.12. The van der Waals surface area contributed by atoms with E-state index in [0.717, 1.165) is 17.3 Å². The Morgan fingerprint density at radius 1 is 1.65 bits per heavy atom. The summed E-state index contributed by atoms with van der Waals surface area (Å²) in [6, 6.07) is 0. The number of aliphatic hydroxyl groups is 1. The smallest absolute Gasteiger partial charge is 0.291 e. The van der Waals surface area contributed by atoms with Crippen LogP contribution in [0.4, 0.5) is 0 Å². The minimum Gasteiger partial charge on any atom is -0.394 e. The number of nitrogens with one attached hydrogen (secondary N) is 1. The molecule has 1 aliphatic carbocycles. The van der Waals surface area contributed by atoms with Crippen LogP contribution in [0.2, 0.25) is 0 Å². The molecule has 2 heterocycles. The van der Waals surface area contributed by atoms with Crippen molar-refractivity contribution < 1.29 is 9.90 Å². The van der Waals surface area contributed by atoms with Crippen LogP contribution in [0.25, 0.3) is 5.78 Å². The molecule has 106 valence electrons. The van der Waals surface area contributed by atoms with Crippen molar-refractivity contribution in [2.24, 2.45) is 5.92 Å². The van der Waals surface area contributed by atoms with Gasteiger partial charge in [-0.05, 0) is 41.6 Å². The number of hydrogen-bond acceptors (Lipinski definition) is 5. The Morgan fingerprint density at radius 2 is 2.40 bits per heavy atom. The molecule has 0 radical (unpaired) electrons. The van der Waals surface area contributed by atoms with Crippen LogP contribution < -0.4 is 5.32 Å². The van der Waals surface area contributed by atoms with Gasteiger partial charge in [-0.2, -0.15) is 4.98 Å². The van der Waals surface area contributed by atoms with Crippen molar-refractivity contribution in [1.29, 1.82) is 0 Å². The second-order valence-corrected chi connectivity index (χ2v) is 6.17. The summed E-state index contributed by atoms with van der Waals surface area (Å²) in [5.41, 5.74) is -0.609. The highest BCUT2D eigenvalue weighted by Crippen LogP contribution is 2.39. The van der Waals surface area contributed by atoms with Crippen LogP contribution in [0.1, 0.15) is 30.4 Å². The summed E-state index contributed by atoms with van der Waals surface area (Å²) in [4.78, 5) is 20.3. The third-order valence-electron chi connectivity index (χ3n) is 3.57. The summed E-state index contributed by atoms with van der Waals surface area (Å²) in [5.74, 6) is 0.335. The highest BCUT2D eigenvalue weighted by atomic mass is 79.9. The average Bonchev–Trinajstić information content (AvgIpc) is 3.19. The number of rotatable bonds is 4. The molecule has 1 fully saturated rings. The van der Waals surface area contributed by atoms with E-state index in [1.165, 1.54) is 4.52 Å². The fourth-order valence-electron chi connectivity index (χ4n) is 2.16. The maximum absolute atomic E-state index is 12.2. The quantitative estimate of drug-likeness (QED) is 0.858. The van der Waals surface area contributed by atoms with Gasteiger partial charge in [-0.25, -0.2) is 9.50 Å². The largest absolute Gasteiger partial charge is 0.394 e. The summed E-state index contributed by atoms with van der Waals surface area (Å²) < 4.78 is 2.19. The highest BCUT2D eigenvalue weighted by molar-refractivity contribution is 9.10. The molecule has 1 aliphatic rings. The molecule has 1 saturated carbocycles. The Balaban J connectivity index is 1.85. The molecule has 2 N–H and O–H groups in total. The Bertz CT molecular complexity index is 669. The SMILES string of the molecule is CC(CO)(NC(=O)c1nc2ncc(Br)cn2n1)C1CC1. The molecule has 0 saturated heterocycles. The van der Waals surface area contributed by atoms with Crippen molar-refractivity contribution in [2.45, 2.75) is 25.3 Å². The predicted molar refractivity (Wildman–Crippen MR) is 74.2 cm³/mol. The van der Waals surface area contributed by atoms with Gasteiger partial charge in [-0.1, -0.05) is 0 Å². The van der Waals surface area contributed by atoms with E-state index >= 15 is 0 Å². The third-order valence-corrected chi connectivity index (χ3v) is 3.98. The van der Waals surface area contributed by atoms with E-state index in [9.17, 15) is 9.90 Å². The van der Waals surface area contributed by atoms with Gasteiger partial charge in [0.2, 0.25) is 5.82 Å². The number of halogens is 1. The second-order valence-electron chi connectivity index (χ2n) is 5.26. The fourth-order valence-corrected chi connectivity index (χ4v) is 2.46.